The maximum absolute atomic E-state index is 12.3. The van der Waals surface area contributed by atoms with E-state index in [-0.39, 0.29) is 5.91 Å². The number of nitrogens with one attached hydrogen (secondary N) is 1. The van der Waals surface area contributed by atoms with E-state index in [2.05, 4.69) is 10.3 Å². The van der Waals surface area contributed by atoms with Crippen LogP contribution < -0.4 is 10.1 Å². The highest BCUT2D eigenvalue weighted by Crippen LogP contribution is 2.33. The van der Waals surface area contributed by atoms with Gasteiger partial charge >= 0.3 is 0 Å². The highest BCUT2D eigenvalue weighted by Gasteiger charge is 2.24. The fraction of sp³-hybridized carbons (Fsp3) is 0.0476. The van der Waals surface area contributed by atoms with Crippen LogP contribution in [0.15, 0.2) is 76.6 Å². The lowest BCUT2D eigenvalue weighted by atomic mass is 10.0. The molecule has 1 aliphatic heterocycles. The molecule has 128 valence electrons. The SMILES string of the molecule is COc1ccc(/C=C2/SC(=Nc3ccccc3)NC2=O)c2ccccc12. The molecule has 0 unspecified atom stereocenters. The number of hydrogen-bond donors (Lipinski definition) is 1. The Hall–Kier alpha value is -3.05. The first kappa shape index (κ1) is 16.4. The molecular formula is C21H16N2O2S. The summed E-state index contributed by atoms with van der Waals surface area (Å²) in [6.45, 7) is 0. The topological polar surface area (TPSA) is 50.7 Å². The van der Waals surface area contributed by atoms with Crippen molar-refractivity contribution in [2.75, 3.05) is 7.11 Å². The van der Waals surface area contributed by atoms with Crippen molar-refractivity contribution in [3.05, 3.63) is 77.2 Å². The fourth-order valence-electron chi connectivity index (χ4n) is 2.84. The number of carbonyl (C=O) groups excluding carboxylic acids is 1. The number of rotatable bonds is 3. The summed E-state index contributed by atoms with van der Waals surface area (Å²) in [5.41, 5.74) is 1.78. The lowest BCUT2D eigenvalue weighted by Crippen LogP contribution is -2.19. The molecule has 26 heavy (non-hydrogen) atoms. The van der Waals surface area contributed by atoms with Crippen molar-refractivity contribution < 1.29 is 9.53 Å². The average Bonchev–Trinajstić information content (AvgIpc) is 3.01. The van der Waals surface area contributed by atoms with Gasteiger partial charge in [-0.05, 0) is 47.0 Å². The van der Waals surface area contributed by atoms with Gasteiger partial charge in [-0.2, -0.15) is 0 Å². The van der Waals surface area contributed by atoms with Crippen LogP contribution >= 0.6 is 11.8 Å². The van der Waals surface area contributed by atoms with Gasteiger partial charge in [0.15, 0.2) is 5.17 Å². The van der Waals surface area contributed by atoms with Crippen LogP contribution in [-0.4, -0.2) is 18.2 Å². The molecule has 0 bridgehead atoms. The van der Waals surface area contributed by atoms with Gasteiger partial charge in [0.1, 0.15) is 5.75 Å². The van der Waals surface area contributed by atoms with Gasteiger partial charge in [-0.15, -0.1) is 0 Å². The van der Waals surface area contributed by atoms with E-state index in [1.54, 1.807) is 7.11 Å². The Morgan fingerprint density at radius 1 is 0.962 bits per heavy atom. The predicted molar refractivity (Wildman–Crippen MR) is 108 cm³/mol. The summed E-state index contributed by atoms with van der Waals surface area (Å²) < 4.78 is 5.43. The molecule has 5 heteroatoms. The molecular weight excluding hydrogens is 344 g/mol. The highest BCUT2D eigenvalue weighted by molar-refractivity contribution is 8.18. The van der Waals surface area contributed by atoms with E-state index in [1.807, 2.05) is 72.8 Å². The molecule has 0 saturated carbocycles. The zero-order valence-electron chi connectivity index (χ0n) is 14.1. The van der Waals surface area contributed by atoms with Crippen LogP contribution in [0.25, 0.3) is 16.8 Å². The van der Waals surface area contributed by atoms with Crippen LogP contribution in [0.2, 0.25) is 0 Å². The Morgan fingerprint density at radius 3 is 2.46 bits per heavy atom. The Kier molecular flexibility index (Phi) is 4.46. The molecule has 3 aromatic rings. The first-order valence-electron chi connectivity index (χ1n) is 8.15. The molecule has 1 N–H and O–H groups in total. The molecule has 1 heterocycles. The molecule has 0 aromatic heterocycles. The summed E-state index contributed by atoms with van der Waals surface area (Å²) in [4.78, 5) is 17.4. The quantitative estimate of drug-likeness (QED) is 0.687. The van der Waals surface area contributed by atoms with E-state index in [1.165, 1.54) is 11.8 Å². The molecule has 0 aliphatic carbocycles. The summed E-state index contributed by atoms with van der Waals surface area (Å²) in [5.74, 6) is 0.683. The first-order valence-corrected chi connectivity index (χ1v) is 8.96. The van der Waals surface area contributed by atoms with Gasteiger partial charge in [-0.1, -0.05) is 48.5 Å². The minimum Gasteiger partial charge on any atom is -0.496 e. The Morgan fingerprint density at radius 2 is 1.69 bits per heavy atom. The van der Waals surface area contributed by atoms with Crippen molar-refractivity contribution in [2.24, 2.45) is 4.99 Å². The molecule has 1 fully saturated rings. The summed E-state index contributed by atoms with van der Waals surface area (Å²) >= 11 is 1.35. The van der Waals surface area contributed by atoms with Gasteiger partial charge in [0.25, 0.3) is 5.91 Å². The van der Waals surface area contributed by atoms with Crippen LogP contribution in [0.5, 0.6) is 5.75 Å². The number of amidine groups is 1. The number of aliphatic imine (C=N–C) groups is 1. The lowest BCUT2D eigenvalue weighted by Gasteiger charge is -2.08. The minimum atomic E-state index is -0.135. The van der Waals surface area contributed by atoms with Crippen LogP contribution in [0.1, 0.15) is 5.56 Å². The molecule has 3 aromatic carbocycles. The van der Waals surface area contributed by atoms with Gasteiger partial charge in [0.05, 0.1) is 17.7 Å². The van der Waals surface area contributed by atoms with E-state index in [9.17, 15) is 4.79 Å². The maximum Gasteiger partial charge on any atom is 0.264 e. The lowest BCUT2D eigenvalue weighted by molar-refractivity contribution is -0.115. The predicted octanol–water partition coefficient (Wildman–Crippen LogP) is 4.74. The zero-order valence-corrected chi connectivity index (χ0v) is 14.9. The van der Waals surface area contributed by atoms with Crippen molar-refractivity contribution in [1.82, 2.24) is 5.32 Å². The molecule has 1 amide bonds. The van der Waals surface area contributed by atoms with Crippen molar-refractivity contribution in [3.63, 3.8) is 0 Å². The summed E-state index contributed by atoms with van der Waals surface area (Å²) in [6.07, 6.45) is 1.90. The highest BCUT2D eigenvalue weighted by atomic mass is 32.2. The Labute approximate surface area is 155 Å². The number of hydrogen-bond acceptors (Lipinski definition) is 4. The monoisotopic (exact) mass is 360 g/mol. The van der Waals surface area contributed by atoms with Crippen LogP contribution in [0.3, 0.4) is 0 Å². The second-order valence-electron chi connectivity index (χ2n) is 5.72. The number of amides is 1. The maximum atomic E-state index is 12.3. The summed E-state index contributed by atoms with van der Waals surface area (Å²) in [6, 6.07) is 21.5. The van der Waals surface area contributed by atoms with E-state index < -0.39 is 0 Å². The number of fused-ring (bicyclic) bond motifs is 1. The Bertz CT molecular complexity index is 1040. The number of thioether (sulfide) groups is 1. The number of benzene rings is 3. The van der Waals surface area contributed by atoms with Crippen LogP contribution in [0, 0.1) is 0 Å². The first-order chi connectivity index (χ1) is 12.7. The third kappa shape index (κ3) is 3.21. The number of nitrogens with zero attached hydrogens (tertiary/aromatic N) is 1. The van der Waals surface area contributed by atoms with Crippen molar-refractivity contribution >= 4 is 45.4 Å². The molecule has 1 aliphatic rings. The zero-order chi connectivity index (χ0) is 17.9. The number of carbonyl (C=O) groups is 1. The normalized spacial score (nSPS) is 17.0. The molecule has 1 saturated heterocycles. The Balaban J connectivity index is 1.70. The standard InChI is InChI=1S/C21H16N2O2S/c1-25-18-12-11-14(16-9-5-6-10-17(16)18)13-19-20(24)23-21(26-19)22-15-7-3-2-4-8-15/h2-13H,1H3,(H,22,23,24)/b19-13+. The second kappa shape index (κ2) is 7.06. The summed E-state index contributed by atoms with van der Waals surface area (Å²) in [7, 11) is 1.66. The number of para-hydroxylation sites is 1. The summed E-state index contributed by atoms with van der Waals surface area (Å²) in [5, 5.41) is 5.47. The van der Waals surface area contributed by atoms with Crippen molar-refractivity contribution in [1.29, 1.82) is 0 Å². The van der Waals surface area contributed by atoms with Crippen LogP contribution in [-0.2, 0) is 4.79 Å². The smallest absolute Gasteiger partial charge is 0.264 e. The van der Waals surface area contributed by atoms with Gasteiger partial charge < -0.3 is 10.1 Å². The fourth-order valence-corrected chi connectivity index (χ4v) is 3.67. The second-order valence-corrected chi connectivity index (χ2v) is 6.75. The number of ether oxygens (including phenoxy) is 1. The minimum absolute atomic E-state index is 0.135. The van der Waals surface area contributed by atoms with Crippen molar-refractivity contribution in [3.8, 4) is 5.75 Å². The van der Waals surface area contributed by atoms with Gasteiger partial charge in [0.2, 0.25) is 0 Å². The molecule has 4 rings (SSSR count). The third-order valence-corrected chi connectivity index (χ3v) is 4.97. The van der Waals surface area contributed by atoms with E-state index in [0.717, 1.165) is 27.8 Å². The van der Waals surface area contributed by atoms with Crippen LogP contribution in [0.4, 0.5) is 5.69 Å². The van der Waals surface area contributed by atoms with E-state index >= 15 is 0 Å². The molecule has 0 atom stereocenters. The third-order valence-electron chi connectivity index (χ3n) is 4.06. The van der Waals surface area contributed by atoms with E-state index in [4.69, 9.17) is 4.74 Å². The van der Waals surface area contributed by atoms with Crippen molar-refractivity contribution in [2.45, 2.75) is 0 Å². The number of methoxy groups -OCH3 is 1. The van der Waals surface area contributed by atoms with E-state index in [0.29, 0.717) is 10.1 Å². The molecule has 0 radical (unpaired) electrons. The van der Waals surface area contributed by atoms with Gasteiger partial charge in [0, 0.05) is 5.39 Å². The molecule has 0 spiro atoms. The molecule has 4 nitrogen and oxygen atoms in total. The largest absolute Gasteiger partial charge is 0.496 e. The van der Waals surface area contributed by atoms with Gasteiger partial charge in [-0.25, -0.2) is 4.99 Å². The van der Waals surface area contributed by atoms with Gasteiger partial charge in [-0.3, -0.25) is 4.79 Å². The average molecular weight is 360 g/mol.